The van der Waals surface area contributed by atoms with E-state index < -0.39 is 0 Å². The lowest BCUT2D eigenvalue weighted by Crippen LogP contribution is -1.86. The second kappa shape index (κ2) is 3.55. The molecular formula is C9H10N2S2. The Balaban J connectivity index is 2.50. The highest BCUT2D eigenvalue weighted by atomic mass is 32.1. The monoisotopic (exact) mass is 210 g/mol. The van der Waals surface area contributed by atoms with Crippen LogP contribution in [0.25, 0.3) is 10.6 Å². The van der Waals surface area contributed by atoms with Crippen molar-refractivity contribution in [2.24, 2.45) is 7.05 Å². The van der Waals surface area contributed by atoms with Crippen molar-refractivity contribution in [1.82, 2.24) is 9.78 Å². The average Bonchev–Trinajstić information content (AvgIpc) is 2.71. The van der Waals surface area contributed by atoms with Crippen molar-refractivity contribution < 1.29 is 0 Å². The lowest BCUT2D eigenvalue weighted by atomic mass is 10.2. The Kier molecular flexibility index (Phi) is 2.42. The molecule has 2 aromatic rings. The predicted octanol–water partition coefficient (Wildman–Crippen LogP) is 2.58. The predicted molar refractivity (Wildman–Crippen MR) is 59.2 cm³/mol. The summed E-state index contributed by atoms with van der Waals surface area (Å²) in [5.41, 5.74) is 2.25. The van der Waals surface area contributed by atoms with Gasteiger partial charge in [0, 0.05) is 24.6 Å². The summed E-state index contributed by atoms with van der Waals surface area (Å²) in [6.07, 6.45) is 2.02. The number of aromatic nitrogens is 2. The fourth-order valence-corrected chi connectivity index (χ4v) is 2.25. The maximum atomic E-state index is 4.40. The van der Waals surface area contributed by atoms with Gasteiger partial charge in [-0.1, -0.05) is 6.07 Å². The summed E-state index contributed by atoms with van der Waals surface area (Å²) in [6.45, 7) is 0. The van der Waals surface area contributed by atoms with E-state index in [9.17, 15) is 0 Å². The van der Waals surface area contributed by atoms with E-state index in [4.69, 9.17) is 0 Å². The SMILES string of the molecule is Cn1cc(CS)c(-c2cccs2)n1. The smallest absolute Gasteiger partial charge is 0.106 e. The molecule has 0 saturated heterocycles. The zero-order valence-corrected chi connectivity index (χ0v) is 8.98. The topological polar surface area (TPSA) is 17.8 Å². The first-order valence-electron chi connectivity index (χ1n) is 3.98. The molecular weight excluding hydrogens is 200 g/mol. The molecule has 0 aliphatic rings. The van der Waals surface area contributed by atoms with Gasteiger partial charge >= 0.3 is 0 Å². The Bertz CT molecular complexity index is 390. The third kappa shape index (κ3) is 1.64. The largest absolute Gasteiger partial charge is 0.275 e. The van der Waals surface area contributed by atoms with Gasteiger partial charge < -0.3 is 0 Å². The van der Waals surface area contributed by atoms with Crippen LogP contribution in [-0.2, 0) is 12.8 Å². The van der Waals surface area contributed by atoms with E-state index in [2.05, 4.69) is 29.2 Å². The number of nitrogens with zero attached hydrogens (tertiary/aromatic N) is 2. The summed E-state index contributed by atoms with van der Waals surface area (Å²) in [5, 5.41) is 6.46. The van der Waals surface area contributed by atoms with Crippen molar-refractivity contribution in [2.45, 2.75) is 5.75 Å². The summed E-state index contributed by atoms with van der Waals surface area (Å²) < 4.78 is 1.83. The highest BCUT2D eigenvalue weighted by Crippen LogP contribution is 2.26. The molecule has 2 heterocycles. The van der Waals surface area contributed by atoms with Crippen molar-refractivity contribution >= 4 is 24.0 Å². The van der Waals surface area contributed by atoms with Gasteiger partial charge in [0.05, 0.1) is 4.88 Å². The third-order valence-electron chi connectivity index (χ3n) is 1.83. The van der Waals surface area contributed by atoms with Gasteiger partial charge in [0.2, 0.25) is 0 Å². The van der Waals surface area contributed by atoms with Crippen LogP contribution < -0.4 is 0 Å². The second-order valence-corrected chi connectivity index (χ2v) is 4.08. The van der Waals surface area contributed by atoms with E-state index >= 15 is 0 Å². The number of hydrogen-bond acceptors (Lipinski definition) is 3. The lowest BCUT2D eigenvalue weighted by molar-refractivity contribution is 0.771. The number of aryl methyl sites for hydroxylation is 1. The Morgan fingerprint density at radius 2 is 2.46 bits per heavy atom. The molecule has 0 amide bonds. The van der Waals surface area contributed by atoms with Crippen LogP contribution >= 0.6 is 24.0 Å². The first-order valence-corrected chi connectivity index (χ1v) is 5.49. The molecule has 2 rings (SSSR count). The molecule has 0 unspecified atom stereocenters. The highest BCUT2D eigenvalue weighted by molar-refractivity contribution is 7.79. The van der Waals surface area contributed by atoms with Gasteiger partial charge in [-0.3, -0.25) is 4.68 Å². The molecule has 0 bridgehead atoms. The summed E-state index contributed by atoms with van der Waals surface area (Å²) in [6, 6.07) is 4.12. The van der Waals surface area contributed by atoms with E-state index in [1.165, 1.54) is 10.4 Å². The molecule has 4 heteroatoms. The molecule has 68 valence electrons. The summed E-state index contributed by atoms with van der Waals surface area (Å²) in [5.74, 6) is 0.737. The fourth-order valence-electron chi connectivity index (χ4n) is 1.27. The summed E-state index contributed by atoms with van der Waals surface area (Å²) in [4.78, 5) is 1.21. The van der Waals surface area contributed by atoms with E-state index in [0.29, 0.717) is 0 Å². The van der Waals surface area contributed by atoms with Crippen LogP contribution in [0.4, 0.5) is 0 Å². The second-order valence-electron chi connectivity index (χ2n) is 2.81. The van der Waals surface area contributed by atoms with Crippen LogP contribution in [0.15, 0.2) is 23.7 Å². The van der Waals surface area contributed by atoms with Gasteiger partial charge in [0.15, 0.2) is 0 Å². The van der Waals surface area contributed by atoms with Gasteiger partial charge in [-0.2, -0.15) is 17.7 Å². The minimum absolute atomic E-state index is 0.737. The van der Waals surface area contributed by atoms with Gasteiger partial charge in [-0.15, -0.1) is 11.3 Å². The van der Waals surface area contributed by atoms with Gasteiger partial charge in [-0.25, -0.2) is 0 Å². The minimum Gasteiger partial charge on any atom is -0.275 e. The molecule has 0 atom stereocenters. The standard InChI is InChI=1S/C9H10N2S2/c1-11-5-7(6-12)9(10-11)8-3-2-4-13-8/h2-5,12H,6H2,1H3. The zero-order chi connectivity index (χ0) is 9.26. The molecule has 0 N–H and O–H groups in total. The van der Waals surface area contributed by atoms with Crippen molar-refractivity contribution in [3.8, 4) is 10.6 Å². The van der Waals surface area contributed by atoms with E-state index in [-0.39, 0.29) is 0 Å². The van der Waals surface area contributed by atoms with Crippen LogP contribution in [-0.4, -0.2) is 9.78 Å². The van der Waals surface area contributed by atoms with Gasteiger partial charge in [-0.05, 0) is 11.4 Å². The molecule has 0 aliphatic carbocycles. The van der Waals surface area contributed by atoms with Crippen molar-refractivity contribution in [1.29, 1.82) is 0 Å². The van der Waals surface area contributed by atoms with Crippen molar-refractivity contribution in [3.63, 3.8) is 0 Å². The van der Waals surface area contributed by atoms with Crippen LogP contribution in [0.1, 0.15) is 5.56 Å². The first kappa shape index (κ1) is 8.84. The molecule has 13 heavy (non-hydrogen) atoms. The van der Waals surface area contributed by atoms with Crippen LogP contribution in [0, 0.1) is 0 Å². The van der Waals surface area contributed by atoms with E-state index in [0.717, 1.165) is 11.4 Å². The van der Waals surface area contributed by atoms with E-state index in [1.54, 1.807) is 11.3 Å². The van der Waals surface area contributed by atoms with Crippen molar-refractivity contribution in [2.75, 3.05) is 0 Å². The molecule has 2 nitrogen and oxygen atoms in total. The maximum Gasteiger partial charge on any atom is 0.106 e. The van der Waals surface area contributed by atoms with Gasteiger partial charge in [0.1, 0.15) is 5.69 Å². The Morgan fingerprint density at radius 1 is 1.62 bits per heavy atom. The average molecular weight is 210 g/mol. The minimum atomic E-state index is 0.737. The molecule has 0 saturated carbocycles. The van der Waals surface area contributed by atoms with Crippen LogP contribution in [0.5, 0.6) is 0 Å². The maximum absolute atomic E-state index is 4.40. The summed E-state index contributed by atoms with van der Waals surface area (Å²) >= 11 is 5.98. The molecule has 0 spiro atoms. The van der Waals surface area contributed by atoms with Crippen LogP contribution in [0.3, 0.4) is 0 Å². The normalized spacial score (nSPS) is 10.6. The number of rotatable bonds is 2. The number of thiol groups is 1. The molecule has 2 aromatic heterocycles. The first-order chi connectivity index (χ1) is 6.31. The number of thiophene rings is 1. The Labute approximate surface area is 86.6 Å². The molecule has 0 radical (unpaired) electrons. The van der Waals surface area contributed by atoms with Crippen molar-refractivity contribution in [3.05, 3.63) is 29.3 Å². The number of hydrogen-bond donors (Lipinski definition) is 1. The molecule has 0 aliphatic heterocycles. The highest BCUT2D eigenvalue weighted by Gasteiger charge is 2.08. The molecule has 0 fully saturated rings. The van der Waals surface area contributed by atoms with E-state index in [1.807, 2.05) is 24.0 Å². The molecule has 0 aromatic carbocycles. The fraction of sp³-hybridized carbons (Fsp3) is 0.222. The third-order valence-corrected chi connectivity index (χ3v) is 3.05. The van der Waals surface area contributed by atoms with Crippen LogP contribution in [0.2, 0.25) is 0 Å². The Hall–Kier alpha value is -0.740. The zero-order valence-electron chi connectivity index (χ0n) is 7.27. The quantitative estimate of drug-likeness (QED) is 0.754. The van der Waals surface area contributed by atoms with Gasteiger partial charge in [0.25, 0.3) is 0 Å². The Morgan fingerprint density at radius 3 is 3.08 bits per heavy atom. The summed E-state index contributed by atoms with van der Waals surface area (Å²) in [7, 11) is 1.93. The lowest BCUT2D eigenvalue weighted by Gasteiger charge is -1.93.